The van der Waals surface area contributed by atoms with Crippen molar-refractivity contribution in [3.05, 3.63) is 45.4 Å². The first-order valence-corrected chi connectivity index (χ1v) is 8.74. The Kier molecular flexibility index (Phi) is 4.06. The van der Waals surface area contributed by atoms with Crippen molar-refractivity contribution in [3.63, 3.8) is 0 Å². The topological polar surface area (TPSA) is 64.1 Å². The molecule has 0 saturated heterocycles. The lowest BCUT2D eigenvalue weighted by atomic mass is 10.1. The molecule has 2 rings (SSSR count). The fourth-order valence-electron chi connectivity index (χ4n) is 1.74. The number of hydrogen-bond acceptors (Lipinski definition) is 5. The van der Waals surface area contributed by atoms with Gasteiger partial charge in [0.1, 0.15) is 5.01 Å². The maximum atomic E-state index is 12.1. The second kappa shape index (κ2) is 5.46. The van der Waals surface area contributed by atoms with Gasteiger partial charge in [0.25, 0.3) is 0 Å². The molecule has 6 heteroatoms. The number of carbonyl (C=O) groups is 1. The van der Waals surface area contributed by atoms with Crippen molar-refractivity contribution >= 4 is 27.0 Å². The van der Waals surface area contributed by atoms with Gasteiger partial charge in [0.15, 0.2) is 15.6 Å². The Bertz CT molecular complexity index is 724. The smallest absolute Gasteiger partial charge is 0.175 e. The van der Waals surface area contributed by atoms with Gasteiger partial charge in [-0.2, -0.15) is 0 Å². The Morgan fingerprint density at radius 1 is 1.20 bits per heavy atom. The monoisotopic (exact) mass is 309 g/mol. The zero-order valence-corrected chi connectivity index (χ0v) is 13.1. The summed E-state index contributed by atoms with van der Waals surface area (Å²) < 4.78 is 22.7. The lowest BCUT2D eigenvalue weighted by Crippen LogP contribution is -2.04. The third-order valence-electron chi connectivity index (χ3n) is 2.99. The van der Waals surface area contributed by atoms with Crippen LogP contribution in [0, 0.1) is 13.8 Å². The highest BCUT2D eigenvalue weighted by molar-refractivity contribution is 7.90. The molecule has 0 saturated carbocycles. The molecule has 20 heavy (non-hydrogen) atoms. The molecular formula is C14H15NO3S2. The predicted molar refractivity (Wildman–Crippen MR) is 79.2 cm³/mol. The first-order valence-electron chi connectivity index (χ1n) is 6.03. The van der Waals surface area contributed by atoms with Gasteiger partial charge in [-0.3, -0.25) is 4.79 Å². The predicted octanol–water partition coefficient (Wildman–Crippen LogP) is 2.59. The van der Waals surface area contributed by atoms with Crippen LogP contribution in [0.25, 0.3) is 0 Å². The van der Waals surface area contributed by atoms with Crippen molar-refractivity contribution in [3.8, 4) is 0 Å². The first kappa shape index (κ1) is 14.9. The molecular weight excluding hydrogens is 294 g/mol. The van der Waals surface area contributed by atoms with Gasteiger partial charge in [0.2, 0.25) is 0 Å². The summed E-state index contributed by atoms with van der Waals surface area (Å²) in [6.45, 7) is 3.89. The number of nitrogens with zero attached hydrogens (tertiary/aromatic N) is 1. The molecule has 106 valence electrons. The number of ketones is 1. The van der Waals surface area contributed by atoms with Gasteiger partial charge < -0.3 is 0 Å². The van der Waals surface area contributed by atoms with Gasteiger partial charge in [-0.15, -0.1) is 11.3 Å². The first-order chi connectivity index (χ1) is 9.27. The van der Waals surface area contributed by atoms with Crippen molar-refractivity contribution in [2.75, 3.05) is 6.26 Å². The van der Waals surface area contributed by atoms with E-state index in [0.29, 0.717) is 5.56 Å². The number of benzene rings is 1. The van der Waals surface area contributed by atoms with E-state index in [0.717, 1.165) is 21.8 Å². The summed E-state index contributed by atoms with van der Waals surface area (Å²) in [6.07, 6.45) is 1.39. The fraction of sp³-hybridized carbons (Fsp3) is 0.286. The summed E-state index contributed by atoms with van der Waals surface area (Å²) in [5.74, 6) is -0.0567. The van der Waals surface area contributed by atoms with E-state index in [2.05, 4.69) is 4.98 Å². The van der Waals surface area contributed by atoms with Crippen LogP contribution in [0.15, 0.2) is 29.2 Å². The van der Waals surface area contributed by atoms with Crippen molar-refractivity contribution in [1.29, 1.82) is 0 Å². The standard InChI is InChI=1S/C14H15NO3S2/c1-9-10(2)19-14(15-9)8-13(16)11-4-6-12(7-5-11)20(3,17)18/h4-7H,8H2,1-3H3. The second-order valence-corrected chi connectivity index (χ2v) is 7.95. The molecule has 0 bridgehead atoms. The number of sulfone groups is 1. The van der Waals surface area contributed by atoms with Crippen LogP contribution in [0.1, 0.15) is 25.9 Å². The molecule has 0 fully saturated rings. The average Bonchev–Trinajstić information content (AvgIpc) is 2.67. The minimum absolute atomic E-state index is 0.0567. The maximum Gasteiger partial charge on any atom is 0.175 e. The number of aryl methyl sites for hydroxylation is 2. The van der Waals surface area contributed by atoms with Crippen LogP contribution in [0.5, 0.6) is 0 Å². The summed E-state index contributed by atoms with van der Waals surface area (Å²) in [5.41, 5.74) is 1.45. The van der Waals surface area contributed by atoms with E-state index < -0.39 is 9.84 Å². The summed E-state index contributed by atoms with van der Waals surface area (Å²) >= 11 is 1.52. The van der Waals surface area contributed by atoms with Gasteiger partial charge in [0, 0.05) is 16.7 Å². The summed E-state index contributed by atoms with van der Waals surface area (Å²) in [7, 11) is -3.23. The molecule has 4 nitrogen and oxygen atoms in total. The van der Waals surface area contributed by atoms with Gasteiger partial charge in [-0.25, -0.2) is 13.4 Å². The van der Waals surface area contributed by atoms with Gasteiger partial charge in [-0.05, 0) is 26.0 Å². The SMILES string of the molecule is Cc1nc(CC(=O)c2ccc(S(C)(=O)=O)cc2)sc1C. The number of hydrogen-bond donors (Lipinski definition) is 0. The van der Waals surface area contributed by atoms with Crippen molar-refractivity contribution in [2.45, 2.75) is 25.2 Å². The highest BCUT2D eigenvalue weighted by Gasteiger charge is 2.13. The zero-order valence-electron chi connectivity index (χ0n) is 11.5. The molecule has 0 radical (unpaired) electrons. The van der Waals surface area contributed by atoms with Gasteiger partial charge in [-0.1, -0.05) is 12.1 Å². The summed E-state index contributed by atoms with van der Waals surface area (Å²) in [4.78, 5) is 17.8. The number of Topliss-reactive ketones (excluding diaryl/α,β-unsaturated/α-hetero) is 1. The zero-order chi connectivity index (χ0) is 14.9. The Labute approximate surface area is 122 Å². The molecule has 1 aromatic carbocycles. The van der Waals surface area contributed by atoms with E-state index in [4.69, 9.17) is 0 Å². The van der Waals surface area contributed by atoms with E-state index in [1.165, 1.54) is 23.5 Å². The van der Waals surface area contributed by atoms with Crippen LogP contribution in [-0.4, -0.2) is 25.4 Å². The molecule has 0 spiro atoms. The third kappa shape index (κ3) is 3.32. The van der Waals surface area contributed by atoms with Crippen LogP contribution >= 0.6 is 11.3 Å². The summed E-state index contributed by atoms with van der Waals surface area (Å²) in [5, 5.41) is 0.789. The normalized spacial score (nSPS) is 11.6. The Morgan fingerprint density at radius 3 is 2.25 bits per heavy atom. The molecule has 0 aliphatic heterocycles. The molecule has 1 aromatic heterocycles. The molecule has 0 N–H and O–H groups in total. The Balaban J connectivity index is 2.17. The highest BCUT2D eigenvalue weighted by Crippen LogP contribution is 2.19. The quantitative estimate of drug-likeness (QED) is 0.814. The van der Waals surface area contributed by atoms with E-state index in [1.54, 1.807) is 12.1 Å². The van der Waals surface area contributed by atoms with Crippen LogP contribution in [0.3, 0.4) is 0 Å². The van der Waals surface area contributed by atoms with E-state index in [-0.39, 0.29) is 17.1 Å². The lowest BCUT2D eigenvalue weighted by molar-refractivity contribution is 0.0993. The molecule has 0 aliphatic carbocycles. The minimum atomic E-state index is -3.23. The third-order valence-corrected chi connectivity index (χ3v) is 5.19. The maximum absolute atomic E-state index is 12.1. The number of carbonyl (C=O) groups excluding carboxylic acids is 1. The Hall–Kier alpha value is -1.53. The Morgan fingerprint density at radius 2 is 1.80 bits per heavy atom. The summed E-state index contributed by atoms with van der Waals surface area (Å²) in [6, 6.07) is 6.01. The number of rotatable bonds is 4. The molecule has 0 atom stereocenters. The van der Waals surface area contributed by atoms with Crippen molar-refractivity contribution in [2.24, 2.45) is 0 Å². The lowest BCUT2D eigenvalue weighted by Gasteiger charge is -2.01. The van der Waals surface area contributed by atoms with E-state index >= 15 is 0 Å². The van der Waals surface area contributed by atoms with Crippen molar-refractivity contribution in [1.82, 2.24) is 4.98 Å². The van der Waals surface area contributed by atoms with Crippen LogP contribution in [-0.2, 0) is 16.3 Å². The molecule has 0 aliphatic rings. The van der Waals surface area contributed by atoms with Crippen LogP contribution in [0.2, 0.25) is 0 Å². The highest BCUT2D eigenvalue weighted by atomic mass is 32.2. The largest absolute Gasteiger partial charge is 0.294 e. The number of aromatic nitrogens is 1. The van der Waals surface area contributed by atoms with E-state index in [9.17, 15) is 13.2 Å². The molecule has 1 heterocycles. The van der Waals surface area contributed by atoms with Crippen molar-refractivity contribution < 1.29 is 13.2 Å². The minimum Gasteiger partial charge on any atom is -0.294 e. The van der Waals surface area contributed by atoms with Crippen LogP contribution in [0.4, 0.5) is 0 Å². The van der Waals surface area contributed by atoms with E-state index in [1.807, 2.05) is 13.8 Å². The average molecular weight is 309 g/mol. The second-order valence-electron chi connectivity index (χ2n) is 4.65. The molecule has 0 amide bonds. The van der Waals surface area contributed by atoms with Gasteiger partial charge in [0.05, 0.1) is 17.0 Å². The molecule has 2 aromatic rings. The van der Waals surface area contributed by atoms with Crippen LogP contribution < -0.4 is 0 Å². The van der Waals surface area contributed by atoms with Gasteiger partial charge >= 0.3 is 0 Å². The molecule has 0 unspecified atom stereocenters. The number of thiazole rings is 1. The fourth-order valence-corrected chi connectivity index (χ4v) is 3.31.